The van der Waals surface area contributed by atoms with Crippen LogP contribution in [-0.4, -0.2) is 12.1 Å². The lowest BCUT2D eigenvalue weighted by atomic mass is 10.2. The molecule has 0 aliphatic carbocycles. The Morgan fingerprint density at radius 3 is 3.15 bits per heavy atom. The number of fused-ring (bicyclic) bond motifs is 3. The number of hydrogen-bond acceptors (Lipinski definition) is 2. The molecule has 2 aliphatic heterocycles. The Bertz CT molecular complexity index is 375. The Morgan fingerprint density at radius 2 is 2.23 bits per heavy atom. The van der Waals surface area contributed by atoms with E-state index < -0.39 is 0 Å². The first-order valence-corrected chi connectivity index (χ1v) is 4.54. The van der Waals surface area contributed by atoms with Crippen LogP contribution in [0.1, 0.15) is 12.8 Å². The zero-order chi connectivity index (χ0) is 8.84. The van der Waals surface area contributed by atoms with Gasteiger partial charge in [-0.1, -0.05) is 12.1 Å². The molecule has 3 heteroatoms. The molecular weight excluding hydrogens is 164 g/mol. The summed E-state index contributed by atoms with van der Waals surface area (Å²) in [6, 6.07) is 7.96. The highest BCUT2D eigenvalue weighted by Gasteiger charge is 2.37. The summed E-state index contributed by atoms with van der Waals surface area (Å²) in [5.41, 5.74) is 2.12. The van der Waals surface area contributed by atoms with Gasteiger partial charge in [-0.25, -0.2) is 0 Å². The Balaban J connectivity index is 2.13. The molecule has 66 valence electrons. The summed E-state index contributed by atoms with van der Waals surface area (Å²) in [5.74, 6) is 0.238. The van der Waals surface area contributed by atoms with Gasteiger partial charge in [0.1, 0.15) is 6.17 Å². The first-order chi connectivity index (χ1) is 6.36. The molecule has 0 spiro atoms. The second-order valence-electron chi connectivity index (χ2n) is 3.48. The highest BCUT2D eigenvalue weighted by atomic mass is 16.2. The quantitative estimate of drug-likeness (QED) is 0.647. The number of carbonyl (C=O) groups is 1. The van der Waals surface area contributed by atoms with Crippen LogP contribution in [0.25, 0.3) is 0 Å². The molecular formula is C10H10N2O. The van der Waals surface area contributed by atoms with Gasteiger partial charge in [0.2, 0.25) is 5.91 Å². The van der Waals surface area contributed by atoms with E-state index in [0.717, 1.165) is 17.8 Å². The number of anilines is 2. The second-order valence-corrected chi connectivity index (χ2v) is 3.48. The number of hydrogen-bond donors (Lipinski definition) is 1. The standard InChI is InChI=1S/C10H10N2O/c13-10-6-5-9-11-7-3-1-2-4-8(7)12(9)10/h1-4,9,11H,5-6H2. The molecule has 1 N–H and O–H groups in total. The van der Waals surface area contributed by atoms with Crippen molar-refractivity contribution in [2.45, 2.75) is 19.0 Å². The Hall–Kier alpha value is -1.51. The molecule has 1 aromatic carbocycles. The van der Waals surface area contributed by atoms with E-state index in [-0.39, 0.29) is 12.1 Å². The number of rotatable bonds is 0. The molecule has 0 radical (unpaired) electrons. The number of carbonyl (C=O) groups excluding carboxylic acids is 1. The van der Waals surface area contributed by atoms with Gasteiger partial charge in [-0.15, -0.1) is 0 Å². The van der Waals surface area contributed by atoms with Crippen molar-refractivity contribution in [1.29, 1.82) is 0 Å². The van der Waals surface area contributed by atoms with Gasteiger partial charge in [0.05, 0.1) is 11.4 Å². The summed E-state index contributed by atoms with van der Waals surface area (Å²) in [6.07, 6.45) is 1.81. The van der Waals surface area contributed by atoms with E-state index in [4.69, 9.17) is 0 Å². The molecule has 2 aliphatic rings. The third-order valence-corrected chi connectivity index (χ3v) is 2.70. The van der Waals surface area contributed by atoms with Crippen LogP contribution in [0, 0.1) is 0 Å². The molecule has 1 unspecified atom stereocenters. The maximum Gasteiger partial charge on any atom is 0.228 e. The number of nitrogens with zero attached hydrogens (tertiary/aromatic N) is 1. The summed E-state index contributed by atoms with van der Waals surface area (Å²) < 4.78 is 0. The van der Waals surface area contributed by atoms with Gasteiger partial charge in [-0.05, 0) is 18.6 Å². The van der Waals surface area contributed by atoms with Crippen LogP contribution in [0.4, 0.5) is 11.4 Å². The summed E-state index contributed by atoms with van der Waals surface area (Å²) >= 11 is 0. The SMILES string of the molecule is O=C1CCC2Nc3ccccc3N12. The minimum absolute atomic E-state index is 0.213. The van der Waals surface area contributed by atoms with Crippen LogP contribution in [0.3, 0.4) is 0 Å². The third kappa shape index (κ3) is 0.813. The second kappa shape index (κ2) is 2.25. The van der Waals surface area contributed by atoms with E-state index >= 15 is 0 Å². The number of nitrogens with one attached hydrogen (secondary N) is 1. The Morgan fingerprint density at radius 1 is 1.38 bits per heavy atom. The monoisotopic (exact) mass is 174 g/mol. The lowest BCUT2D eigenvalue weighted by Crippen LogP contribution is -2.31. The molecule has 0 bridgehead atoms. The minimum atomic E-state index is 0.213. The van der Waals surface area contributed by atoms with E-state index in [1.807, 2.05) is 29.2 Å². The molecule has 1 amide bonds. The van der Waals surface area contributed by atoms with E-state index in [9.17, 15) is 4.79 Å². The molecule has 0 aromatic heterocycles. The summed E-state index contributed by atoms with van der Waals surface area (Å²) in [5, 5.41) is 3.33. The van der Waals surface area contributed by atoms with Crippen molar-refractivity contribution in [3.05, 3.63) is 24.3 Å². The van der Waals surface area contributed by atoms with Gasteiger partial charge < -0.3 is 5.32 Å². The lowest BCUT2D eigenvalue weighted by molar-refractivity contribution is -0.117. The minimum Gasteiger partial charge on any atom is -0.363 e. The van der Waals surface area contributed by atoms with E-state index in [1.54, 1.807) is 0 Å². The van der Waals surface area contributed by atoms with Gasteiger partial charge >= 0.3 is 0 Å². The van der Waals surface area contributed by atoms with Crippen molar-refractivity contribution < 1.29 is 4.79 Å². The van der Waals surface area contributed by atoms with Crippen molar-refractivity contribution in [2.24, 2.45) is 0 Å². The van der Waals surface area contributed by atoms with Crippen LogP contribution >= 0.6 is 0 Å². The van der Waals surface area contributed by atoms with Crippen molar-refractivity contribution in [3.63, 3.8) is 0 Å². The highest BCUT2D eigenvalue weighted by Crippen LogP contribution is 2.39. The fraction of sp³-hybridized carbons (Fsp3) is 0.300. The van der Waals surface area contributed by atoms with Crippen LogP contribution in [0.15, 0.2) is 24.3 Å². The van der Waals surface area contributed by atoms with E-state index in [0.29, 0.717) is 6.42 Å². The molecule has 2 heterocycles. The van der Waals surface area contributed by atoms with Crippen LogP contribution in [0.5, 0.6) is 0 Å². The van der Waals surface area contributed by atoms with Crippen molar-refractivity contribution in [2.75, 3.05) is 10.2 Å². The zero-order valence-corrected chi connectivity index (χ0v) is 7.16. The number of amides is 1. The van der Waals surface area contributed by atoms with Crippen molar-refractivity contribution >= 4 is 17.3 Å². The molecule has 13 heavy (non-hydrogen) atoms. The average molecular weight is 174 g/mol. The molecule has 1 saturated heterocycles. The molecule has 3 nitrogen and oxygen atoms in total. The van der Waals surface area contributed by atoms with Gasteiger partial charge in [0.15, 0.2) is 0 Å². The van der Waals surface area contributed by atoms with Crippen molar-refractivity contribution in [3.8, 4) is 0 Å². The predicted molar refractivity (Wildman–Crippen MR) is 50.6 cm³/mol. The van der Waals surface area contributed by atoms with E-state index in [2.05, 4.69) is 5.32 Å². The normalized spacial score (nSPS) is 24.2. The Labute approximate surface area is 76.4 Å². The lowest BCUT2D eigenvalue weighted by Gasteiger charge is -2.14. The fourth-order valence-electron chi connectivity index (χ4n) is 2.11. The van der Waals surface area contributed by atoms with Crippen LogP contribution < -0.4 is 10.2 Å². The van der Waals surface area contributed by atoms with E-state index in [1.165, 1.54) is 0 Å². The molecule has 1 aromatic rings. The molecule has 1 fully saturated rings. The first-order valence-electron chi connectivity index (χ1n) is 4.54. The largest absolute Gasteiger partial charge is 0.363 e. The first kappa shape index (κ1) is 6.95. The van der Waals surface area contributed by atoms with Crippen LogP contribution in [0.2, 0.25) is 0 Å². The summed E-state index contributed by atoms with van der Waals surface area (Å²) in [4.78, 5) is 13.4. The van der Waals surface area contributed by atoms with Gasteiger partial charge in [0.25, 0.3) is 0 Å². The van der Waals surface area contributed by atoms with Gasteiger partial charge in [0, 0.05) is 6.42 Å². The summed E-state index contributed by atoms with van der Waals surface area (Å²) in [6.45, 7) is 0. The number of para-hydroxylation sites is 2. The maximum atomic E-state index is 11.5. The molecule has 1 atom stereocenters. The van der Waals surface area contributed by atoms with Crippen molar-refractivity contribution in [1.82, 2.24) is 0 Å². The maximum absolute atomic E-state index is 11.5. The Kier molecular flexibility index (Phi) is 1.20. The average Bonchev–Trinajstić information content (AvgIpc) is 2.66. The number of benzene rings is 1. The highest BCUT2D eigenvalue weighted by molar-refractivity contribution is 6.02. The molecule has 0 saturated carbocycles. The summed E-state index contributed by atoms with van der Waals surface area (Å²) in [7, 11) is 0. The third-order valence-electron chi connectivity index (χ3n) is 2.70. The van der Waals surface area contributed by atoms with Gasteiger partial charge in [-0.2, -0.15) is 0 Å². The van der Waals surface area contributed by atoms with Gasteiger partial charge in [-0.3, -0.25) is 9.69 Å². The smallest absolute Gasteiger partial charge is 0.228 e. The molecule has 3 rings (SSSR count). The predicted octanol–water partition coefficient (Wildman–Crippen LogP) is 1.56. The topological polar surface area (TPSA) is 32.3 Å². The van der Waals surface area contributed by atoms with Crippen LogP contribution in [-0.2, 0) is 4.79 Å². The zero-order valence-electron chi connectivity index (χ0n) is 7.16. The fourth-order valence-corrected chi connectivity index (χ4v) is 2.11.